The monoisotopic (exact) mass is 1030 g/mol. The molecule has 0 radical (unpaired) electrons. The largest absolute Gasteiger partial charge is 0.466 e. The number of unbranched alkanes of at least 4 members (excludes halogenated alkanes) is 46. The molecule has 0 aliphatic rings. The van der Waals surface area contributed by atoms with Gasteiger partial charge in [0, 0.05) is 12.8 Å². The van der Waals surface area contributed by atoms with Gasteiger partial charge in [-0.05, 0) is 64.2 Å². The van der Waals surface area contributed by atoms with Gasteiger partial charge in [-0.25, -0.2) is 0 Å². The Morgan fingerprint density at radius 1 is 0.384 bits per heavy atom. The molecule has 0 aromatic rings. The van der Waals surface area contributed by atoms with Crippen molar-refractivity contribution in [2.24, 2.45) is 0 Å². The molecule has 0 spiro atoms. The fourth-order valence-corrected chi connectivity index (χ4v) is 10.1. The minimum absolute atomic E-state index is 0.0164. The van der Waals surface area contributed by atoms with Crippen LogP contribution in [0.15, 0.2) is 36.5 Å². The number of esters is 1. The number of carbonyl (C=O) groups excluding carboxylic acids is 2. The Kier molecular flexibility index (Phi) is 61.0. The van der Waals surface area contributed by atoms with Gasteiger partial charge in [0.15, 0.2) is 0 Å². The first-order chi connectivity index (χ1) is 36.0. The summed E-state index contributed by atoms with van der Waals surface area (Å²) in [6, 6.07) is -0.625. The lowest BCUT2D eigenvalue weighted by Crippen LogP contribution is -2.45. The lowest BCUT2D eigenvalue weighted by Gasteiger charge is -2.20. The third kappa shape index (κ3) is 59.2. The van der Waals surface area contributed by atoms with E-state index in [1.165, 1.54) is 283 Å². The summed E-state index contributed by atoms with van der Waals surface area (Å²) in [4.78, 5) is 24.5. The maximum Gasteiger partial charge on any atom is 0.305 e. The van der Waals surface area contributed by atoms with Crippen LogP contribution in [0.25, 0.3) is 0 Å². The van der Waals surface area contributed by atoms with Crippen LogP contribution in [0.2, 0.25) is 0 Å². The lowest BCUT2D eigenvalue weighted by atomic mass is 10.0. The molecule has 0 rings (SSSR count). The van der Waals surface area contributed by atoms with Crippen molar-refractivity contribution in [2.45, 2.75) is 366 Å². The molecule has 0 saturated heterocycles. The van der Waals surface area contributed by atoms with Gasteiger partial charge >= 0.3 is 5.97 Å². The van der Waals surface area contributed by atoms with Crippen molar-refractivity contribution >= 4 is 11.9 Å². The molecule has 1 amide bonds. The van der Waals surface area contributed by atoms with Crippen LogP contribution in [-0.2, 0) is 14.3 Å². The smallest absolute Gasteiger partial charge is 0.305 e. The summed E-state index contributed by atoms with van der Waals surface area (Å²) < 4.78 is 5.49. The number of aliphatic hydroxyl groups excluding tert-OH is 2. The Balaban J connectivity index is 3.36. The first kappa shape index (κ1) is 71.1. The van der Waals surface area contributed by atoms with E-state index < -0.39 is 12.1 Å². The number of carbonyl (C=O) groups is 2. The quantitative estimate of drug-likeness (QED) is 0.0320. The number of aliphatic hydroxyl groups is 2. The van der Waals surface area contributed by atoms with Crippen molar-refractivity contribution in [1.82, 2.24) is 5.32 Å². The van der Waals surface area contributed by atoms with Crippen molar-refractivity contribution in [1.29, 1.82) is 0 Å². The second kappa shape index (κ2) is 62.6. The van der Waals surface area contributed by atoms with Crippen LogP contribution < -0.4 is 5.32 Å². The molecular weight excluding hydrogens is 899 g/mol. The third-order valence-electron chi connectivity index (χ3n) is 15.2. The molecule has 0 aromatic carbocycles. The van der Waals surface area contributed by atoms with E-state index in [-0.39, 0.29) is 18.5 Å². The maximum absolute atomic E-state index is 12.4. The van der Waals surface area contributed by atoms with Crippen molar-refractivity contribution in [2.75, 3.05) is 13.2 Å². The van der Waals surface area contributed by atoms with Gasteiger partial charge in [0.1, 0.15) is 0 Å². The van der Waals surface area contributed by atoms with Gasteiger partial charge in [-0.3, -0.25) is 9.59 Å². The van der Waals surface area contributed by atoms with Crippen LogP contribution in [-0.4, -0.2) is 47.4 Å². The molecule has 2 atom stereocenters. The number of nitrogens with one attached hydrogen (secondary N) is 1. The van der Waals surface area contributed by atoms with Crippen LogP contribution in [0.1, 0.15) is 354 Å². The van der Waals surface area contributed by atoms with Crippen LogP contribution >= 0.6 is 0 Å². The fraction of sp³-hybridized carbons (Fsp3) is 0.881. The molecule has 3 N–H and O–H groups in total. The van der Waals surface area contributed by atoms with Crippen LogP contribution in [0.4, 0.5) is 0 Å². The Labute approximate surface area is 455 Å². The van der Waals surface area contributed by atoms with E-state index in [1.54, 1.807) is 6.08 Å². The molecule has 6 heteroatoms. The SMILES string of the molecule is CCCCCCCCC/C=C/C(O)C(CO)NC(=O)CCCCCCCCCCCCCCCCC/C=C\C/C=C\CCCCCCCCCCCOC(=O)CCCCCCCCCCCCCCCCCC. The highest BCUT2D eigenvalue weighted by molar-refractivity contribution is 5.76. The van der Waals surface area contributed by atoms with Gasteiger partial charge in [-0.2, -0.15) is 0 Å². The number of hydrogen-bond donors (Lipinski definition) is 3. The summed E-state index contributed by atoms with van der Waals surface area (Å²) in [6.45, 7) is 4.89. The zero-order valence-corrected chi connectivity index (χ0v) is 49.1. The highest BCUT2D eigenvalue weighted by Gasteiger charge is 2.18. The van der Waals surface area contributed by atoms with E-state index in [0.29, 0.717) is 19.4 Å². The van der Waals surface area contributed by atoms with Gasteiger partial charge in [-0.1, -0.05) is 314 Å². The number of rotatable bonds is 61. The average Bonchev–Trinajstić information content (AvgIpc) is 3.39. The summed E-state index contributed by atoms with van der Waals surface area (Å²) in [5, 5.41) is 23.0. The highest BCUT2D eigenvalue weighted by Crippen LogP contribution is 2.18. The van der Waals surface area contributed by atoms with Gasteiger partial charge in [-0.15, -0.1) is 0 Å². The molecule has 0 aliphatic heterocycles. The van der Waals surface area contributed by atoms with E-state index in [0.717, 1.165) is 44.9 Å². The summed E-state index contributed by atoms with van der Waals surface area (Å²) >= 11 is 0. The van der Waals surface area contributed by atoms with Gasteiger partial charge in [0.2, 0.25) is 5.91 Å². The van der Waals surface area contributed by atoms with Crippen LogP contribution in [0, 0.1) is 0 Å². The number of ether oxygens (including phenoxy) is 1. The Morgan fingerprint density at radius 2 is 0.685 bits per heavy atom. The van der Waals surface area contributed by atoms with Gasteiger partial charge in [0.05, 0.1) is 25.4 Å². The first-order valence-electron chi connectivity index (χ1n) is 32.8. The van der Waals surface area contributed by atoms with Crippen molar-refractivity contribution < 1.29 is 24.5 Å². The lowest BCUT2D eigenvalue weighted by molar-refractivity contribution is -0.143. The molecule has 6 nitrogen and oxygen atoms in total. The molecule has 430 valence electrons. The number of amides is 1. The molecule has 0 aliphatic carbocycles. The van der Waals surface area contributed by atoms with E-state index in [2.05, 4.69) is 43.5 Å². The Bertz CT molecular complexity index is 1180. The average molecular weight is 1030 g/mol. The Morgan fingerprint density at radius 3 is 1.04 bits per heavy atom. The fourth-order valence-electron chi connectivity index (χ4n) is 10.1. The van der Waals surface area contributed by atoms with Crippen LogP contribution in [0.3, 0.4) is 0 Å². The van der Waals surface area contributed by atoms with E-state index in [1.807, 2.05) is 6.08 Å². The van der Waals surface area contributed by atoms with E-state index in [4.69, 9.17) is 4.74 Å². The van der Waals surface area contributed by atoms with Crippen LogP contribution in [0.5, 0.6) is 0 Å². The topological polar surface area (TPSA) is 95.9 Å². The highest BCUT2D eigenvalue weighted by atomic mass is 16.5. The standard InChI is InChI=1S/C67H127NO5/c1-3-5-7-9-11-13-14-15-16-35-38-41-45-49-53-57-61-67(72)73-62-58-54-50-46-42-39-36-33-31-29-27-25-23-21-19-17-18-20-22-24-26-28-30-32-34-37-40-44-48-52-56-60-66(71)68-64(63-69)65(70)59-55-51-47-43-12-10-8-6-4-2/h19,21,25,27,55,59,64-65,69-70H,3-18,20,22-24,26,28-54,56-58,60-63H2,1-2H3,(H,68,71)/b21-19-,27-25-,59-55+. The molecule has 0 aromatic heterocycles. The molecule has 0 saturated carbocycles. The zero-order valence-electron chi connectivity index (χ0n) is 49.1. The molecule has 0 fully saturated rings. The Hall–Kier alpha value is -1.92. The normalized spacial score (nSPS) is 12.8. The van der Waals surface area contributed by atoms with Crippen molar-refractivity contribution in [3.05, 3.63) is 36.5 Å². The van der Waals surface area contributed by atoms with Gasteiger partial charge < -0.3 is 20.3 Å². The van der Waals surface area contributed by atoms with E-state index in [9.17, 15) is 19.8 Å². The van der Waals surface area contributed by atoms with E-state index >= 15 is 0 Å². The zero-order chi connectivity index (χ0) is 52.9. The predicted octanol–water partition coefficient (Wildman–Crippen LogP) is 20.8. The maximum atomic E-state index is 12.4. The second-order valence-corrected chi connectivity index (χ2v) is 22.5. The van der Waals surface area contributed by atoms with Crippen molar-refractivity contribution in [3.63, 3.8) is 0 Å². The predicted molar refractivity (Wildman–Crippen MR) is 319 cm³/mol. The number of hydrogen-bond acceptors (Lipinski definition) is 5. The van der Waals surface area contributed by atoms with Crippen molar-refractivity contribution in [3.8, 4) is 0 Å². The summed E-state index contributed by atoms with van der Waals surface area (Å²) in [6.07, 6.45) is 79.4. The molecule has 0 heterocycles. The third-order valence-corrected chi connectivity index (χ3v) is 15.2. The molecule has 2 unspecified atom stereocenters. The summed E-state index contributed by atoms with van der Waals surface area (Å²) in [7, 11) is 0. The summed E-state index contributed by atoms with van der Waals surface area (Å²) in [5.74, 6) is -0.0530. The molecule has 0 bridgehead atoms. The first-order valence-corrected chi connectivity index (χ1v) is 32.8. The summed E-state index contributed by atoms with van der Waals surface area (Å²) in [5.41, 5.74) is 0. The number of allylic oxidation sites excluding steroid dienone is 5. The minimum Gasteiger partial charge on any atom is -0.466 e. The van der Waals surface area contributed by atoms with Gasteiger partial charge in [0.25, 0.3) is 0 Å². The molecular formula is C67H127NO5. The minimum atomic E-state index is -0.842. The second-order valence-electron chi connectivity index (χ2n) is 22.5. The molecule has 73 heavy (non-hydrogen) atoms.